The molecule has 0 fully saturated rings. The van der Waals surface area contributed by atoms with E-state index in [2.05, 4.69) is 5.32 Å². The molecule has 8 heteroatoms. The Balaban J connectivity index is 2.50. The van der Waals surface area contributed by atoms with Gasteiger partial charge in [0.15, 0.2) is 0 Å². The summed E-state index contributed by atoms with van der Waals surface area (Å²) in [6.45, 7) is 0. The largest absolute Gasteiger partial charge is 0.397 e. The third-order valence-corrected chi connectivity index (χ3v) is 3.39. The van der Waals surface area contributed by atoms with Crippen molar-refractivity contribution in [2.75, 3.05) is 11.5 Å². The van der Waals surface area contributed by atoms with Crippen LogP contribution in [0.2, 0.25) is 5.02 Å². The molecular formula is C12H10ClF3N2OS. The lowest BCUT2D eigenvalue weighted by Gasteiger charge is -2.12. The Morgan fingerprint density at radius 2 is 2.00 bits per heavy atom. The van der Waals surface area contributed by atoms with Gasteiger partial charge in [-0.1, -0.05) is 23.7 Å². The summed E-state index contributed by atoms with van der Waals surface area (Å²) in [6.07, 6.45) is -4.31. The van der Waals surface area contributed by atoms with Crippen LogP contribution in [-0.2, 0) is 4.79 Å². The molecule has 1 aromatic carbocycles. The third-order valence-electron chi connectivity index (χ3n) is 2.14. The highest BCUT2D eigenvalue weighted by Crippen LogP contribution is 2.21. The molecule has 0 aliphatic carbocycles. The number of amides is 1. The second kappa shape index (κ2) is 7.41. The summed E-state index contributed by atoms with van der Waals surface area (Å²) < 4.78 is 35.8. The number of halogens is 4. The van der Waals surface area contributed by atoms with Gasteiger partial charge in [-0.05, 0) is 17.7 Å². The first kappa shape index (κ1) is 16.7. The maximum Gasteiger partial charge on any atom is 0.397 e. The van der Waals surface area contributed by atoms with E-state index in [1.807, 2.05) is 6.07 Å². The number of hydrogen-bond donors (Lipinski definition) is 1. The lowest BCUT2D eigenvalue weighted by Crippen LogP contribution is -2.29. The summed E-state index contributed by atoms with van der Waals surface area (Å²) in [5, 5.41) is 11.8. The summed E-state index contributed by atoms with van der Waals surface area (Å²) in [6, 6.07) is 7.22. The molecular weight excluding hydrogens is 313 g/mol. The van der Waals surface area contributed by atoms with E-state index in [1.165, 1.54) is 0 Å². The SMILES string of the molecule is N#CC(NC(=O)CSCC(F)(F)F)c1ccc(Cl)cc1. The molecule has 1 N–H and O–H groups in total. The summed E-state index contributed by atoms with van der Waals surface area (Å²) in [7, 11) is 0. The van der Waals surface area contributed by atoms with Crippen LogP contribution in [0.15, 0.2) is 24.3 Å². The summed E-state index contributed by atoms with van der Waals surface area (Å²) in [5.41, 5.74) is 0.520. The average Bonchev–Trinajstić information content (AvgIpc) is 2.35. The molecule has 0 aromatic heterocycles. The fourth-order valence-corrected chi connectivity index (χ4v) is 2.04. The molecule has 0 aliphatic heterocycles. The van der Waals surface area contributed by atoms with Crippen LogP contribution in [-0.4, -0.2) is 23.6 Å². The van der Waals surface area contributed by atoms with Crippen LogP contribution in [0.3, 0.4) is 0 Å². The van der Waals surface area contributed by atoms with Crippen molar-refractivity contribution in [3.05, 3.63) is 34.9 Å². The summed E-state index contributed by atoms with van der Waals surface area (Å²) >= 11 is 6.15. The van der Waals surface area contributed by atoms with Crippen LogP contribution in [0.4, 0.5) is 13.2 Å². The molecule has 20 heavy (non-hydrogen) atoms. The van der Waals surface area contributed by atoms with Gasteiger partial charge in [0.05, 0.1) is 17.6 Å². The van der Waals surface area contributed by atoms with E-state index in [4.69, 9.17) is 16.9 Å². The standard InChI is InChI=1S/C12H10ClF3N2OS/c13-9-3-1-8(2-4-9)10(5-17)18-11(19)6-20-7-12(14,15)16/h1-4,10H,6-7H2,(H,18,19). The molecule has 0 saturated heterocycles. The minimum atomic E-state index is -4.31. The van der Waals surface area contributed by atoms with E-state index in [9.17, 15) is 18.0 Å². The molecule has 1 atom stereocenters. The van der Waals surface area contributed by atoms with E-state index in [0.717, 1.165) is 0 Å². The zero-order valence-corrected chi connectivity index (χ0v) is 11.6. The van der Waals surface area contributed by atoms with Gasteiger partial charge in [-0.25, -0.2) is 0 Å². The molecule has 108 valence electrons. The molecule has 0 bridgehead atoms. The Bertz CT molecular complexity index is 499. The first-order valence-electron chi connectivity index (χ1n) is 5.41. The Hall–Kier alpha value is -1.39. The Kier molecular flexibility index (Phi) is 6.17. The molecule has 1 rings (SSSR count). The molecule has 1 amide bonds. The van der Waals surface area contributed by atoms with E-state index in [1.54, 1.807) is 24.3 Å². The second-order valence-corrected chi connectivity index (χ2v) is 5.21. The van der Waals surface area contributed by atoms with Gasteiger partial charge < -0.3 is 5.32 Å². The predicted molar refractivity (Wildman–Crippen MR) is 71.3 cm³/mol. The van der Waals surface area contributed by atoms with Crippen molar-refractivity contribution in [3.8, 4) is 6.07 Å². The summed E-state index contributed by atoms with van der Waals surface area (Å²) in [4.78, 5) is 11.5. The van der Waals surface area contributed by atoms with Gasteiger partial charge in [0.1, 0.15) is 6.04 Å². The first-order valence-corrected chi connectivity index (χ1v) is 6.94. The molecule has 0 radical (unpaired) electrons. The maximum absolute atomic E-state index is 11.9. The van der Waals surface area contributed by atoms with Crippen molar-refractivity contribution in [2.45, 2.75) is 12.2 Å². The van der Waals surface area contributed by atoms with E-state index < -0.39 is 23.9 Å². The van der Waals surface area contributed by atoms with Gasteiger partial charge in [-0.3, -0.25) is 4.79 Å². The molecule has 0 saturated carbocycles. The fourth-order valence-electron chi connectivity index (χ4n) is 1.31. The number of nitriles is 1. The number of carbonyl (C=O) groups is 1. The second-order valence-electron chi connectivity index (χ2n) is 3.79. The quantitative estimate of drug-likeness (QED) is 0.904. The van der Waals surface area contributed by atoms with Crippen molar-refractivity contribution >= 4 is 29.3 Å². The highest BCUT2D eigenvalue weighted by Gasteiger charge is 2.27. The van der Waals surface area contributed by atoms with Crippen molar-refractivity contribution < 1.29 is 18.0 Å². The number of nitrogens with one attached hydrogen (secondary N) is 1. The number of nitrogens with zero attached hydrogens (tertiary/aromatic N) is 1. The maximum atomic E-state index is 11.9. The summed E-state index contributed by atoms with van der Waals surface area (Å²) in [5.74, 6) is -2.08. The molecule has 0 spiro atoms. The van der Waals surface area contributed by atoms with Gasteiger partial charge in [-0.2, -0.15) is 18.4 Å². The molecule has 0 aliphatic rings. The lowest BCUT2D eigenvalue weighted by atomic mass is 10.1. The van der Waals surface area contributed by atoms with Crippen molar-refractivity contribution in [2.24, 2.45) is 0 Å². The molecule has 1 unspecified atom stereocenters. The van der Waals surface area contributed by atoms with Crippen molar-refractivity contribution in [1.29, 1.82) is 5.26 Å². The first-order chi connectivity index (χ1) is 9.31. The number of thioether (sulfide) groups is 1. The monoisotopic (exact) mass is 322 g/mol. The average molecular weight is 323 g/mol. The fraction of sp³-hybridized carbons (Fsp3) is 0.333. The Labute approximate surface area is 123 Å². The number of carbonyl (C=O) groups excluding carboxylic acids is 1. The number of alkyl halides is 3. The van der Waals surface area contributed by atoms with E-state index in [0.29, 0.717) is 22.3 Å². The topological polar surface area (TPSA) is 52.9 Å². The smallest absolute Gasteiger partial charge is 0.336 e. The molecule has 1 aromatic rings. The van der Waals surface area contributed by atoms with Gasteiger partial charge in [0.25, 0.3) is 0 Å². The van der Waals surface area contributed by atoms with Crippen LogP contribution >= 0.6 is 23.4 Å². The highest BCUT2D eigenvalue weighted by molar-refractivity contribution is 8.00. The minimum absolute atomic E-state index is 0.356. The third kappa shape index (κ3) is 6.17. The van der Waals surface area contributed by atoms with E-state index >= 15 is 0 Å². The van der Waals surface area contributed by atoms with Gasteiger partial charge in [-0.15, -0.1) is 11.8 Å². The van der Waals surface area contributed by atoms with Gasteiger partial charge in [0, 0.05) is 5.02 Å². The predicted octanol–water partition coefficient (Wildman–Crippen LogP) is 3.32. The van der Waals surface area contributed by atoms with Gasteiger partial charge in [0.2, 0.25) is 5.91 Å². The Morgan fingerprint density at radius 1 is 1.40 bits per heavy atom. The van der Waals surface area contributed by atoms with Crippen molar-refractivity contribution in [3.63, 3.8) is 0 Å². The van der Waals surface area contributed by atoms with Crippen LogP contribution in [0.5, 0.6) is 0 Å². The molecule has 3 nitrogen and oxygen atoms in total. The van der Waals surface area contributed by atoms with Crippen molar-refractivity contribution in [1.82, 2.24) is 5.32 Å². The zero-order chi connectivity index (χ0) is 15.2. The number of benzene rings is 1. The minimum Gasteiger partial charge on any atom is -0.336 e. The highest BCUT2D eigenvalue weighted by atomic mass is 35.5. The van der Waals surface area contributed by atoms with E-state index in [-0.39, 0.29) is 5.75 Å². The Morgan fingerprint density at radius 3 is 2.50 bits per heavy atom. The number of rotatable bonds is 5. The lowest BCUT2D eigenvalue weighted by molar-refractivity contribution is -0.119. The van der Waals surface area contributed by atoms with Crippen LogP contribution < -0.4 is 5.32 Å². The molecule has 0 heterocycles. The van der Waals surface area contributed by atoms with Crippen LogP contribution in [0, 0.1) is 11.3 Å². The number of hydrogen-bond acceptors (Lipinski definition) is 3. The zero-order valence-electron chi connectivity index (χ0n) is 10.1. The van der Waals surface area contributed by atoms with Crippen LogP contribution in [0.25, 0.3) is 0 Å². The normalized spacial score (nSPS) is 12.6. The van der Waals surface area contributed by atoms with Crippen LogP contribution in [0.1, 0.15) is 11.6 Å². The van der Waals surface area contributed by atoms with Gasteiger partial charge >= 0.3 is 6.18 Å².